The van der Waals surface area contributed by atoms with Gasteiger partial charge in [0.2, 0.25) is 11.7 Å². The van der Waals surface area contributed by atoms with Crippen molar-refractivity contribution in [1.82, 2.24) is 10.6 Å². The Balaban J connectivity index is 1.93. The van der Waals surface area contributed by atoms with Crippen LogP contribution in [0, 0.1) is 5.82 Å². The quantitative estimate of drug-likeness (QED) is 0.461. The van der Waals surface area contributed by atoms with Crippen LogP contribution in [0.15, 0.2) is 41.4 Å². The Morgan fingerprint density at radius 2 is 1.72 bits per heavy atom. The van der Waals surface area contributed by atoms with E-state index in [-0.39, 0.29) is 12.5 Å². The molecule has 9 heteroatoms. The Hall–Kier alpha value is -3.49. The van der Waals surface area contributed by atoms with E-state index in [1.807, 2.05) is 12.1 Å². The number of rotatable bonds is 8. The molecule has 2 aromatic rings. The number of carbonyl (C=O) groups excluding carboxylic acids is 1. The fourth-order valence-corrected chi connectivity index (χ4v) is 2.58. The number of guanidine groups is 1. The van der Waals surface area contributed by atoms with Crippen LogP contribution in [0.25, 0.3) is 0 Å². The number of nitrogens with zero attached hydrogens (tertiary/aromatic N) is 1. The molecule has 0 fully saturated rings. The first-order chi connectivity index (χ1) is 14.0. The number of amides is 1. The van der Waals surface area contributed by atoms with Crippen LogP contribution in [-0.4, -0.2) is 46.8 Å². The molecule has 3 N–H and O–H groups in total. The molecular weight excluding hydrogens is 379 g/mol. The minimum Gasteiger partial charge on any atom is -0.493 e. The summed E-state index contributed by atoms with van der Waals surface area (Å²) in [6.45, 7) is 0.368. The second-order valence-corrected chi connectivity index (χ2v) is 5.87. The van der Waals surface area contributed by atoms with Crippen LogP contribution in [-0.2, 0) is 11.3 Å². The van der Waals surface area contributed by atoms with E-state index in [4.69, 9.17) is 14.2 Å². The molecule has 0 aliphatic carbocycles. The van der Waals surface area contributed by atoms with Crippen LogP contribution >= 0.6 is 0 Å². The Kier molecular flexibility index (Phi) is 8.08. The van der Waals surface area contributed by atoms with E-state index < -0.39 is 5.82 Å². The van der Waals surface area contributed by atoms with Gasteiger partial charge in [0.15, 0.2) is 17.5 Å². The van der Waals surface area contributed by atoms with Gasteiger partial charge in [-0.1, -0.05) is 6.07 Å². The molecule has 8 nitrogen and oxygen atoms in total. The van der Waals surface area contributed by atoms with Gasteiger partial charge in [-0.2, -0.15) is 0 Å². The maximum absolute atomic E-state index is 13.2. The lowest BCUT2D eigenvalue weighted by Crippen LogP contribution is -2.41. The van der Waals surface area contributed by atoms with Gasteiger partial charge in [-0.3, -0.25) is 9.79 Å². The highest BCUT2D eigenvalue weighted by Crippen LogP contribution is 2.38. The molecule has 0 heterocycles. The number of nitrogens with one attached hydrogen (secondary N) is 3. The normalized spacial score (nSPS) is 10.9. The predicted octanol–water partition coefficient (Wildman–Crippen LogP) is 2.16. The van der Waals surface area contributed by atoms with Gasteiger partial charge >= 0.3 is 0 Å². The largest absolute Gasteiger partial charge is 0.493 e. The molecule has 2 rings (SSSR count). The van der Waals surface area contributed by atoms with Crippen molar-refractivity contribution in [2.45, 2.75) is 6.54 Å². The number of hydrogen-bond acceptors (Lipinski definition) is 5. The number of methoxy groups -OCH3 is 3. The number of hydrogen-bond donors (Lipinski definition) is 3. The first-order valence-electron chi connectivity index (χ1n) is 8.79. The first kappa shape index (κ1) is 21.8. The average molecular weight is 404 g/mol. The highest BCUT2D eigenvalue weighted by atomic mass is 19.1. The molecule has 0 aliphatic heterocycles. The SMILES string of the molecule is CN=C(NCC(=O)Nc1cccc(F)c1)NCc1cc(OC)c(OC)c(OC)c1. The maximum Gasteiger partial charge on any atom is 0.243 e. The molecule has 0 spiro atoms. The summed E-state index contributed by atoms with van der Waals surface area (Å²) in [6.07, 6.45) is 0. The van der Waals surface area contributed by atoms with Gasteiger partial charge in [-0.05, 0) is 35.9 Å². The minimum atomic E-state index is -0.418. The molecule has 2 aromatic carbocycles. The lowest BCUT2D eigenvalue weighted by molar-refractivity contribution is -0.115. The van der Waals surface area contributed by atoms with E-state index in [1.165, 1.54) is 18.2 Å². The summed E-state index contributed by atoms with van der Waals surface area (Å²) in [6, 6.07) is 9.32. The van der Waals surface area contributed by atoms with Crippen molar-refractivity contribution in [1.29, 1.82) is 0 Å². The van der Waals surface area contributed by atoms with Gasteiger partial charge in [0.05, 0.1) is 27.9 Å². The third kappa shape index (κ3) is 6.27. The third-order valence-electron chi connectivity index (χ3n) is 3.93. The zero-order chi connectivity index (χ0) is 21.2. The number of anilines is 1. The second kappa shape index (κ2) is 10.7. The van der Waals surface area contributed by atoms with Gasteiger partial charge < -0.3 is 30.2 Å². The molecule has 0 bridgehead atoms. The van der Waals surface area contributed by atoms with Crippen molar-refractivity contribution in [3.8, 4) is 17.2 Å². The van der Waals surface area contributed by atoms with Crippen LogP contribution < -0.4 is 30.2 Å². The molecule has 0 radical (unpaired) electrons. The summed E-state index contributed by atoms with van der Waals surface area (Å²) >= 11 is 0. The number of halogens is 1. The monoisotopic (exact) mass is 404 g/mol. The van der Waals surface area contributed by atoms with E-state index in [9.17, 15) is 9.18 Å². The molecule has 0 saturated heterocycles. The fraction of sp³-hybridized carbons (Fsp3) is 0.300. The second-order valence-electron chi connectivity index (χ2n) is 5.87. The van der Waals surface area contributed by atoms with Crippen molar-refractivity contribution in [2.24, 2.45) is 4.99 Å². The van der Waals surface area contributed by atoms with Crippen LogP contribution in [0.3, 0.4) is 0 Å². The lowest BCUT2D eigenvalue weighted by Gasteiger charge is -2.16. The molecule has 0 unspecified atom stereocenters. The molecule has 0 aliphatic rings. The van der Waals surface area contributed by atoms with Crippen LogP contribution in [0.1, 0.15) is 5.56 Å². The van der Waals surface area contributed by atoms with Crippen molar-refractivity contribution in [2.75, 3.05) is 40.2 Å². The Bertz CT molecular complexity index is 848. The Labute approximate surface area is 169 Å². The molecule has 29 heavy (non-hydrogen) atoms. The van der Waals surface area contributed by atoms with Crippen molar-refractivity contribution >= 4 is 17.6 Å². The molecule has 0 aromatic heterocycles. The smallest absolute Gasteiger partial charge is 0.243 e. The predicted molar refractivity (Wildman–Crippen MR) is 109 cm³/mol. The van der Waals surface area contributed by atoms with Gasteiger partial charge in [0.1, 0.15) is 5.82 Å². The molecule has 1 amide bonds. The van der Waals surface area contributed by atoms with Crippen LogP contribution in [0.5, 0.6) is 17.2 Å². The highest BCUT2D eigenvalue weighted by Gasteiger charge is 2.13. The van der Waals surface area contributed by atoms with Gasteiger partial charge in [0, 0.05) is 19.3 Å². The average Bonchev–Trinajstić information content (AvgIpc) is 2.72. The van der Waals surface area contributed by atoms with E-state index in [0.29, 0.717) is 35.4 Å². The van der Waals surface area contributed by atoms with Crippen molar-refractivity contribution in [3.05, 3.63) is 47.8 Å². The zero-order valence-corrected chi connectivity index (χ0v) is 16.8. The topological polar surface area (TPSA) is 93.2 Å². The van der Waals surface area contributed by atoms with Crippen molar-refractivity contribution < 1.29 is 23.4 Å². The molecule has 0 atom stereocenters. The van der Waals surface area contributed by atoms with E-state index in [2.05, 4.69) is 20.9 Å². The summed E-state index contributed by atoms with van der Waals surface area (Å²) in [7, 11) is 6.23. The van der Waals surface area contributed by atoms with Gasteiger partial charge in [-0.25, -0.2) is 4.39 Å². The minimum absolute atomic E-state index is 0.0363. The molecule has 156 valence electrons. The van der Waals surface area contributed by atoms with E-state index >= 15 is 0 Å². The number of carbonyl (C=O) groups is 1. The highest BCUT2D eigenvalue weighted by molar-refractivity contribution is 5.94. The summed E-state index contributed by atoms with van der Waals surface area (Å²) in [5.41, 5.74) is 1.25. The standard InChI is InChI=1S/C20H25FN4O4/c1-22-20(24-12-18(26)25-15-7-5-6-14(21)10-15)23-11-13-8-16(27-2)19(29-4)17(9-13)28-3/h5-10H,11-12H2,1-4H3,(H,25,26)(H2,22,23,24). The Morgan fingerprint density at radius 1 is 1.03 bits per heavy atom. The summed E-state index contributed by atoms with van der Waals surface area (Å²) in [5.74, 6) is 1.27. The maximum atomic E-state index is 13.2. The summed E-state index contributed by atoms with van der Waals surface area (Å²) in [4.78, 5) is 16.1. The molecular formula is C20H25FN4O4. The third-order valence-corrected chi connectivity index (χ3v) is 3.93. The Morgan fingerprint density at radius 3 is 2.28 bits per heavy atom. The van der Waals surface area contributed by atoms with E-state index in [0.717, 1.165) is 5.56 Å². The number of ether oxygens (including phenoxy) is 3. The summed E-state index contributed by atoms with van der Waals surface area (Å²) < 4.78 is 29.2. The van der Waals surface area contributed by atoms with Crippen molar-refractivity contribution in [3.63, 3.8) is 0 Å². The number of benzene rings is 2. The summed E-state index contributed by atoms with van der Waals surface area (Å²) in [5, 5.41) is 8.61. The fourth-order valence-electron chi connectivity index (χ4n) is 2.58. The van der Waals surface area contributed by atoms with Gasteiger partial charge in [-0.15, -0.1) is 0 Å². The molecule has 0 saturated carbocycles. The van der Waals surface area contributed by atoms with Gasteiger partial charge in [0.25, 0.3) is 0 Å². The zero-order valence-electron chi connectivity index (χ0n) is 16.8. The van der Waals surface area contributed by atoms with E-state index in [1.54, 1.807) is 34.4 Å². The number of aliphatic imine (C=N–C) groups is 1. The van der Waals surface area contributed by atoms with Crippen LogP contribution in [0.2, 0.25) is 0 Å². The van der Waals surface area contributed by atoms with Crippen LogP contribution in [0.4, 0.5) is 10.1 Å². The first-order valence-corrected chi connectivity index (χ1v) is 8.79. The lowest BCUT2D eigenvalue weighted by atomic mass is 10.2.